The van der Waals surface area contributed by atoms with Crippen LogP contribution in [-0.2, 0) is 11.2 Å². The fourth-order valence-corrected chi connectivity index (χ4v) is 1.54. The first-order valence-corrected chi connectivity index (χ1v) is 5.45. The van der Waals surface area contributed by atoms with Crippen molar-refractivity contribution in [1.82, 2.24) is 0 Å². The van der Waals surface area contributed by atoms with Crippen molar-refractivity contribution >= 4 is 17.4 Å². The summed E-state index contributed by atoms with van der Waals surface area (Å²) >= 11 is 5.71. The first kappa shape index (κ1) is 13.1. The van der Waals surface area contributed by atoms with Crippen molar-refractivity contribution in [2.75, 3.05) is 0 Å². The van der Waals surface area contributed by atoms with E-state index in [1.165, 1.54) is 12.1 Å². The SMILES string of the molecule is CC(C)C(O)C(=O)Cc1cccc(F)c1Cl. The van der Waals surface area contributed by atoms with Gasteiger partial charge in [0.1, 0.15) is 11.9 Å². The van der Waals surface area contributed by atoms with Crippen LogP contribution in [-0.4, -0.2) is 17.0 Å². The van der Waals surface area contributed by atoms with E-state index in [4.69, 9.17) is 11.6 Å². The summed E-state index contributed by atoms with van der Waals surface area (Å²) in [6.07, 6.45) is -1.07. The first-order valence-electron chi connectivity index (χ1n) is 5.07. The molecule has 0 bridgehead atoms. The number of hydrogen-bond donors (Lipinski definition) is 1. The lowest BCUT2D eigenvalue weighted by atomic mass is 9.98. The van der Waals surface area contributed by atoms with Crippen molar-refractivity contribution in [3.63, 3.8) is 0 Å². The van der Waals surface area contributed by atoms with Crippen LogP contribution in [0.15, 0.2) is 18.2 Å². The second kappa shape index (κ2) is 5.41. The maximum atomic E-state index is 13.1. The first-order chi connectivity index (χ1) is 7.43. The normalized spacial score (nSPS) is 12.9. The van der Waals surface area contributed by atoms with Crippen LogP contribution in [0.5, 0.6) is 0 Å². The number of carbonyl (C=O) groups excluding carboxylic acids is 1. The molecule has 1 atom stereocenters. The molecule has 0 spiro atoms. The molecule has 16 heavy (non-hydrogen) atoms. The van der Waals surface area contributed by atoms with Crippen molar-refractivity contribution in [3.05, 3.63) is 34.6 Å². The molecule has 0 radical (unpaired) electrons. The topological polar surface area (TPSA) is 37.3 Å². The molecular weight excluding hydrogens is 231 g/mol. The number of aliphatic hydroxyl groups excluding tert-OH is 1. The van der Waals surface area contributed by atoms with Gasteiger partial charge in [0.05, 0.1) is 5.02 Å². The van der Waals surface area contributed by atoms with E-state index in [-0.39, 0.29) is 23.1 Å². The van der Waals surface area contributed by atoms with Crippen molar-refractivity contribution in [3.8, 4) is 0 Å². The van der Waals surface area contributed by atoms with Gasteiger partial charge < -0.3 is 5.11 Å². The highest BCUT2D eigenvalue weighted by atomic mass is 35.5. The van der Waals surface area contributed by atoms with Gasteiger partial charge in [0.15, 0.2) is 5.78 Å². The maximum absolute atomic E-state index is 13.1. The predicted molar refractivity (Wildman–Crippen MR) is 61.0 cm³/mol. The Kier molecular flexibility index (Phi) is 4.44. The van der Waals surface area contributed by atoms with E-state index in [9.17, 15) is 14.3 Å². The summed E-state index contributed by atoms with van der Waals surface area (Å²) in [4.78, 5) is 11.6. The van der Waals surface area contributed by atoms with Crippen LogP contribution in [0.3, 0.4) is 0 Å². The molecule has 1 rings (SSSR count). The van der Waals surface area contributed by atoms with Gasteiger partial charge in [-0.05, 0) is 17.5 Å². The number of halogens is 2. The average molecular weight is 245 g/mol. The third-order valence-corrected chi connectivity index (χ3v) is 2.78. The number of rotatable bonds is 4. The molecule has 88 valence electrons. The van der Waals surface area contributed by atoms with Gasteiger partial charge in [-0.15, -0.1) is 0 Å². The standard InChI is InChI=1S/C12H14ClFO2/c1-7(2)12(16)10(15)6-8-4-3-5-9(14)11(8)13/h3-5,7,12,16H,6H2,1-2H3. The third-order valence-electron chi connectivity index (χ3n) is 2.36. The van der Waals surface area contributed by atoms with Crippen molar-refractivity contribution in [2.24, 2.45) is 5.92 Å². The van der Waals surface area contributed by atoms with Crippen molar-refractivity contribution in [1.29, 1.82) is 0 Å². The Bertz CT molecular complexity index is 391. The molecule has 1 aromatic carbocycles. The van der Waals surface area contributed by atoms with E-state index in [1.807, 2.05) is 0 Å². The molecule has 1 N–H and O–H groups in total. The smallest absolute Gasteiger partial charge is 0.165 e. The van der Waals surface area contributed by atoms with Gasteiger partial charge >= 0.3 is 0 Å². The third kappa shape index (κ3) is 3.03. The van der Waals surface area contributed by atoms with E-state index in [0.29, 0.717) is 5.56 Å². The number of aliphatic hydroxyl groups is 1. The Balaban J connectivity index is 2.81. The number of carbonyl (C=O) groups is 1. The molecule has 2 nitrogen and oxygen atoms in total. The van der Waals surface area contributed by atoms with Crippen LogP contribution >= 0.6 is 11.6 Å². The molecule has 0 saturated heterocycles. The van der Waals surface area contributed by atoms with E-state index in [0.717, 1.165) is 0 Å². The van der Waals surface area contributed by atoms with Crippen LogP contribution in [0.1, 0.15) is 19.4 Å². The summed E-state index contributed by atoms with van der Waals surface area (Å²) in [7, 11) is 0. The Morgan fingerprint density at radius 1 is 1.50 bits per heavy atom. The summed E-state index contributed by atoms with van der Waals surface area (Å²) in [5.74, 6) is -1.05. The number of hydrogen-bond acceptors (Lipinski definition) is 2. The maximum Gasteiger partial charge on any atom is 0.165 e. The molecular formula is C12H14ClFO2. The molecule has 1 aromatic rings. The monoisotopic (exact) mass is 244 g/mol. The highest BCUT2D eigenvalue weighted by Gasteiger charge is 2.20. The Morgan fingerprint density at radius 3 is 2.69 bits per heavy atom. The Morgan fingerprint density at radius 2 is 2.12 bits per heavy atom. The summed E-state index contributed by atoms with van der Waals surface area (Å²) in [6, 6.07) is 4.30. The summed E-state index contributed by atoms with van der Waals surface area (Å²) < 4.78 is 13.1. The quantitative estimate of drug-likeness (QED) is 0.884. The lowest BCUT2D eigenvalue weighted by Crippen LogP contribution is -2.27. The molecule has 0 aromatic heterocycles. The van der Waals surface area contributed by atoms with Gasteiger partial charge in [0.2, 0.25) is 0 Å². The largest absolute Gasteiger partial charge is 0.385 e. The van der Waals surface area contributed by atoms with Crippen molar-refractivity contribution < 1.29 is 14.3 Å². The van der Waals surface area contributed by atoms with Crippen molar-refractivity contribution in [2.45, 2.75) is 26.4 Å². The van der Waals surface area contributed by atoms with E-state index < -0.39 is 11.9 Å². The van der Waals surface area contributed by atoms with Gasteiger partial charge in [-0.1, -0.05) is 37.6 Å². The van der Waals surface area contributed by atoms with Gasteiger partial charge in [-0.25, -0.2) is 4.39 Å². The second-order valence-electron chi connectivity index (χ2n) is 4.04. The number of benzene rings is 1. The minimum Gasteiger partial charge on any atom is -0.385 e. The molecule has 0 amide bonds. The zero-order valence-corrected chi connectivity index (χ0v) is 9.96. The molecule has 0 fully saturated rings. The molecule has 0 aliphatic rings. The number of Topliss-reactive ketones (excluding diaryl/α,β-unsaturated/α-hetero) is 1. The average Bonchev–Trinajstić information content (AvgIpc) is 2.23. The minimum atomic E-state index is -1.03. The molecule has 0 saturated carbocycles. The second-order valence-corrected chi connectivity index (χ2v) is 4.42. The predicted octanol–water partition coefficient (Wildman–Crippen LogP) is 2.61. The summed E-state index contributed by atoms with van der Waals surface area (Å²) in [6.45, 7) is 3.49. The van der Waals surface area contributed by atoms with Gasteiger partial charge in [0.25, 0.3) is 0 Å². The Labute approximate surface area is 99.0 Å². The molecule has 0 heterocycles. The van der Waals surface area contributed by atoms with Crippen LogP contribution < -0.4 is 0 Å². The lowest BCUT2D eigenvalue weighted by molar-refractivity contribution is -0.128. The van der Waals surface area contributed by atoms with Gasteiger partial charge in [-0.2, -0.15) is 0 Å². The number of ketones is 1. The Hall–Kier alpha value is -0.930. The van der Waals surface area contributed by atoms with E-state index >= 15 is 0 Å². The van der Waals surface area contributed by atoms with E-state index in [2.05, 4.69) is 0 Å². The van der Waals surface area contributed by atoms with Crippen LogP contribution in [0.2, 0.25) is 5.02 Å². The highest BCUT2D eigenvalue weighted by molar-refractivity contribution is 6.31. The molecule has 0 aliphatic heterocycles. The molecule has 0 aliphatic carbocycles. The van der Waals surface area contributed by atoms with E-state index in [1.54, 1.807) is 19.9 Å². The lowest BCUT2D eigenvalue weighted by Gasteiger charge is -2.13. The molecule has 1 unspecified atom stereocenters. The van der Waals surface area contributed by atoms with Crippen LogP contribution in [0.4, 0.5) is 4.39 Å². The van der Waals surface area contributed by atoms with Crippen LogP contribution in [0.25, 0.3) is 0 Å². The molecule has 4 heteroatoms. The zero-order chi connectivity index (χ0) is 12.3. The minimum absolute atomic E-state index is 0.0457. The van der Waals surface area contributed by atoms with Crippen LogP contribution in [0, 0.1) is 11.7 Å². The van der Waals surface area contributed by atoms with Gasteiger partial charge in [0, 0.05) is 6.42 Å². The summed E-state index contributed by atoms with van der Waals surface area (Å²) in [5.41, 5.74) is 0.409. The fourth-order valence-electron chi connectivity index (χ4n) is 1.35. The summed E-state index contributed by atoms with van der Waals surface area (Å²) in [5, 5.41) is 9.48. The fraction of sp³-hybridized carbons (Fsp3) is 0.417. The zero-order valence-electron chi connectivity index (χ0n) is 9.21. The highest BCUT2D eigenvalue weighted by Crippen LogP contribution is 2.21. The van der Waals surface area contributed by atoms with Gasteiger partial charge in [-0.3, -0.25) is 4.79 Å².